The van der Waals surface area contributed by atoms with Crippen LogP contribution in [0.3, 0.4) is 0 Å². The van der Waals surface area contributed by atoms with E-state index >= 15 is 0 Å². The number of nitrogens with two attached hydrogens (primary N) is 1. The lowest BCUT2D eigenvalue weighted by Crippen LogP contribution is -2.38. The van der Waals surface area contributed by atoms with Gasteiger partial charge < -0.3 is 10.5 Å². The molecule has 10 nitrogen and oxygen atoms in total. The molecule has 0 bridgehead atoms. The maximum Gasteiger partial charge on any atom is 0.265 e. The lowest BCUT2D eigenvalue weighted by Gasteiger charge is -2.29. The molecule has 0 saturated heterocycles. The second kappa shape index (κ2) is 9.96. The van der Waals surface area contributed by atoms with E-state index in [1.165, 1.54) is 4.90 Å². The third-order valence-corrected chi connectivity index (χ3v) is 7.52. The van der Waals surface area contributed by atoms with E-state index in [4.69, 9.17) is 20.6 Å². The van der Waals surface area contributed by atoms with E-state index in [1.54, 1.807) is 12.3 Å². The van der Waals surface area contributed by atoms with Gasteiger partial charge in [-0.05, 0) is 55.7 Å². The molecule has 1 aromatic carbocycles. The van der Waals surface area contributed by atoms with Crippen LogP contribution in [0, 0.1) is 17.7 Å². The number of hydrogen-bond donors (Lipinski definition) is 1. The highest BCUT2D eigenvalue weighted by atomic mass is 19.1. The predicted molar refractivity (Wildman–Crippen MR) is 146 cm³/mol. The van der Waals surface area contributed by atoms with E-state index in [0.29, 0.717) is 52.0 Å². The number of halogens is 1. The van der Waals surface area contributed by atoms with Gasteiger partial charge in [-0.15, -0.1) is 0 Å². The molecular formula is C29H30FN7O3. The van der Waals surface area contributed by atoms with Crippen molar-refractivity contribution in [3.63, 3.8) is 0 Å². The predicted octanol–water partition coefficient (Wildman–Crippen LogP) is 4.22. The third-order valence-electron chi connectivity index (χ3n) is 7.52. The first-order chi connectivity index (χ1) is 19.2. The van der Waals surface area contributed by atoms with Crippen LogP contribution in [0.25, 0.3) is 22.2 Å². The van der Waals surface area contributed by atoms with Crippen molar-refractivity contribution in [2.45, 2.75) is 52.6 Å². The minimum absolute atomic E-state index is 0.0607. The van der Waals surface area contributed by atoms with E-state index in [9.17, 15) is 14.0 Å². The molecule has 4 aromatic rings. The molecule has 2 N–H and O–H groups in total. The molecule has 2 amide bonds. The fourth-order valence-corrected chi connectivity index (χ4v) is 5.38. The molecule has 0 spiro atoms. The molecular weight excluding hydrogens is 513 g/mol. The molecule has 1 aliphatic heterocycles. The van der Waals surface area contributed by atoms with Crippen LogP contribution in [0.5, 0.6) is 5.75 Å². The van der Waals surface area contributed by atoms with Gasteiger partial charge in [0.25, 0.3) is 11.8 Å². The van der Waals surface area contributed by atoms with Gasteiger partial charge in [0, 0.05) is 10.9 Å². The summed E-state index contributed by atoms with van der Waals surface area (Å²) in [5, 5.41) is 5.44. The van der Waals surface area contributed by atoms with Crippen molar-refractivity contribution >= 4 is 28.5 Å². The molecule has 1 atom stereocenters. The zero-order valence-corrected chi connectivity index (χ0v) is 22.6. The SMILES string of the molecule is CC(C)Cc1nc2c(cnn2C(C)C2CC2)c(-c2ccc3c(c2)OCC(=O)N3Cc2ncc(F)cn2)c1C(N)=O. The van der Waals surface area contributed by atoms with Crippen LogP contribution >= 0.6 is 0 Å². The van der Waals surface area contributed by atoms with E-state index in [1.807, 2.05) is 16.8 Å². The van der Waals surface area contributed by atoms with Gasteiger partial charge in [0.2, 0.25) is 0 Å². The maximum absolute atomic E-state index is 13.3. The Morgan fingerprint density at radius 3 is 2.60 bits per heavy atom. The molecule has 1 unspecified atom stereocenters. The van der Waals surface area contributed by atoms with Gasteiger partial charge in [0.05, 0.1) is 48.1 Å². The summed E-state index contributed by atoms with van der Waals surface area (Å²) in [5.41, 5.74) is 9.59. The molecule has 2 aliphatic rings. The fourth-order valence-electron chi connectivity index (χ4n) is 5.38. The summed E-state index contributed by atoms with van der Waals surface area (Å²) in [7, 11) is 0. The molecule has 1 aliphatic carbocycles. The molecule has 11 heteroatoms. The van der Waals surface area contributed by atoms with Crippen LogP contribution in [0.15, 0.2) is 36.8 Å². The first kappa shape index (κ1) is 25.8. The highest BCUT2D eigenvalue weighted by Crippen LogP contribution is 2.43. The fraction of sp³-hybridized carbons (Fsp3) is 0.379. The van der Waals surface area contributed by atoms with E-state index in [-0.39, 0.29) is 31.0 Å². The van der Waals surface area contributed by atoms with E-state index in [0.717, 1.165) is 36.3 Å². The molecule has 0 radical (unpaired) electrons. The topological polar surface area (TPSA) is 129 Å². The van der Waals surface area contributed by atoms with Gasteiger partial charge >= 0.3 is 0 Å². The molecule has 40 heavy (non-hydrogen) atoms. The number of carbonyl (C=O) groups excluding carboxylic acids is 2. The first-order valence-electron chi connectivity index (χ1n) is 13.4. The number of nitrogens with zero attached hydrogens (tertiary/aromatic N) is 6. The third kappa shape index (κ3) is 4.65. The standard InChI is InChI=1S/C29H30FN7O3/c1-15(2)8-21-27(28(31)39)26(20-12-34-37(29(20)35-21)16(3)17-4-5-17)18-6-7-22-23(9-18)40-14-25(38)36(22)13-24-32-10-19(30)11-33-24/h6-7,9-12,15-17H,4-5,8,13-14H2,1-3H3,(H2,31,39). The summed E-state index contributed by atoms with van der Waals surface area (Å²) in [5.74, 6) is 0.177. The van der Waals surface area contributed by atoms with Crippen molar-refractivity contribution < 1.29 is 18.7 Å². The van der Waals surface area contributed by atoms with Crippen LogP contribution < -0.4 is 15.4 Å². The summed E-state index contributed by atoms with van der Waals surface area (Å²) in [6, 6.07) is 5.59. The van der Waals surface area contributed by atoms with Crippen LogP contribution in [-0.4, -0.2) is 43.2 Å². The Hall–Kier alpha value is -4.41. The minimum atomic E-state index is -0.563. The Morgan fingerprint density at radius 2 is 1.93 bits per heavy atom. The van der Waals surface area contributed by atoms with Crippen molar-refractivity contribution in [2.75, 3.05) is 11.5 Å². The zero-order valence-electron chi connectivity index (χ0n) is 22.6. The average Bonchev–Trinajstić information content (AvgIpc) is 3.69. The van der Waals surface area contributed by atoms with Crippen molar-refractivity contribution in [3.8, 4) is 16.9 Å². The Balaban J connectivity index is 1.49. The number of pyridine rings is 1. The van der Waals surface area contributed by atoms with Gasteiger partial charge in [-0.3, -0.25) is 14.5 Å². The second-order valence-corrected chi connectivity index (χ2v) is 10.9. The zero-order chi connectivity index (χ0) is 28.1. The number of aromatic nitrogens is 5. The molecule has 1 saturated carbocycles. The van der Waals surface area contributed by atoms with Gasteiger partial charge in [-0.2, -0.15) is 5.10 Å². The lowest BCUT2D eigenvalue weighted by atomic mass is 9.92. The number of fused-ring (bicyclic) bond motifs is 2. The highest BCUT2D eigenvalue weighted by molar-refractivity contribution is 6.09. The van der Waals surface area contributed by atoms with Crippen LogP contribution in [-0.2, 0) is 17.8 Å². The quantitative estimate of drug-likeness (QED) is 0.352. The summed E-state index contributed by atoms with van der Waals surface area (Å²) in [6.45, 7) is 6.18. The largest absolute Gasteiger partial charge is 0.482 e. The molecule has 6 rings (SSSR count). The van der Waals surface area contributed by atoms with Gasteiger partial charge in [-0.1, -0.05) is 19.9 Å². The number of hydrogen-bond acceptors (Lipinski definition) is 7. The number of primary amides is 1. The van der Waals surface area contributed by atoms with Crippen molar-refractivity contribution in [1.82, 2.24) is 24.7 Å². The second-order valence-electron chi connectivity index (χ2n) is 10.9. The summed E-state index contributed by atoms with van der Waals surface area (Å²) in [4.78, 5) is 40.1. The normalized spacial score (nSPS) is 15.8. The molecule has 1 fully saturated rings. The number of rotatable bonds is 8. The number of carbonyl (C=O) groups is 2. The highest BCUT2D eigenvalue weighted by Gasteiger charge is 2.33. The lowest BCUT2D eigenvalue weighted by molar-refractivity contribution is -0.121. The molecule has 4 heterocycles. The number of ether oxygens (including phenoxy) is 1. The van der Waals surface area contributed by atoms with Gasteiger partial charge in [-0.25, -0.2) is 24.0 Å². The smallest absolute Gasteiger partial charge is 0.265 e. The van der Waals surface area contributed by atoms with Crippen LogP contribution in [0.1, 0.15) is 61.5 Å². The number of anilines is 1. The Labute approximate surface area is 230 Å². The summed E-state index contributed by atoms with van der Waals surface area (Å²) in [6.07, 6.45) is 6.78. The van der Waals surface area contributed by atoms with Crippen LogP contribution in [0.4, 0.5) is 10.1 Å². The monoisotopic (exact) mass is 543 g/mol. The maximum atomic E-state index is 13.3. The van der Waals surface area contributed by atoms with Gasteiger partial charge in [0.15, 0.2) is 18.1 Å². The first-order valence-corrected chi connectivity index (χ1v) is 13.4. The van der Waals surface area contributed by atoms with E-state index in [2.05, 4.69) is 30.7 Å². The van der Waals surface area contributed by atoms with Crippen molar-refractivity contribution in [1.29, 1.82) is 0 Å². The summed E-state index contributed by atoms with van der Waals surface area (Å²) < 4.78 is 21.1. The Morgan fingerprint density at radius 1 is 1.18 bits per heavy atom. The van der Waals surface area contributed by atoms with Crippen LogP contribution in [0.2, 0.25) is 0 Å². The van der Waals surface area contributed by atoms with Crippen molar-refractivity contribution in [3.05, 3.63) is 59.7 Å². The van der Waals surface area contributed by atoms with Crippen molar-refractivity contribution in [2.24, 2.45) is 17.6 Å². The molecule has 206 valence electrons. The Kier molecular flexibility index (Phi) is 6.44. The summed E-state index contributed by atoms with van der Waals surface area (Å²) >= 11 is 0. The molecule has 3 aromatic heterocycles. The van der Waals surface area contributed by atoms with Gasteiger partial charge in [0.1, 0.15) is 11.6 Å². The number of amides is 2. The average molecular weight is 544 g/mol. The van der Waals surface area contributed by atoms with E-state index < -0.39 is 11.7 Å². The minimum Gasteiger partial charge on any atom is -0.482 e. The Bertz CT molecular complexity index is 1630. The number of benzene rings is 1.